The van der Waals surface area contributed by atoms with Gasteiger partial charge in [0.05, 0.1) is 5.71 Å². The summed E-state index contributed by atoms with van der Waals surface area (Å²) in [7, 11) is 0. The molecule has 8 rings (SSSR count). The van der Waals surface area contributed by atoms with Crippen molar-refractivity contribution in [2.24, 2.45) is 4.99 Å². The molecule has 1 unspecified atom stereocenters. The summed E-state index contributed by atoms with van der Waals surface area (Å²) in [6.45, 7) is 0. The Morgan fingerprint density at radius 3 is 2.05 bits per heavy atom. The van der Waals surface area contributed by atoms with Crippen molar-refractivity contribution in [2.75, 3.05) is 0 Å². The zero-order chi connectivity index (χ0) is 29.3. The molecule has 208 valence electrons. The highest BCUT2D eigenvalue weighted by atomic mass is 15.1. The first-order chi connectivity index (χ1) is 21.8. The number of fused-ring (bicyclic) bond motifs is 2. The molecular weight excluding hydrogens is 534 g/mol. The van der Waals surface area contributed by atoms with Crippen LogP contribution in [-0.4, -0.2) is 10.7 Å². The van der Waals surface area contributed by atoms with Crippen LogP contribution in [0.2, 0.25) is 0 Å². The topological polar surface area (TPSA) is 37.3 Å². The van der Waals surface area contributed by atoms with Gasteiger partial charge in [0, 0.05) is 34.6 Å². The van der Waals surface area contributed by atoms with E-state index in [1.165, 1.54) is 27.3 Å². The van der Waals surface area contributed by atoms with Crippen LogP contribution in [0.3, 0.4) is 0 Å². The van der Waals surface area contributed by atoms with Crippen LogP contribution in [0.5, 0.6) is 0 Å². The summed E-state index contributed by atoms with van der Waals surface area (Å²) in [4.78, 5) is 9.82. The summed E-state index contributed by atoms with van der Waals surface area (Å²) in [6, 6.07) is 51.4. The summed E-state index contributed by atoms with van der Waals surface area (Å²) in [5, 5.41) is 8.52. The molecule has 2 heterocycles. The van der Waals surface area contributed by atoms with Crippen molar-refractivity contribution >= 4 is 33.0 Å². The summed E-state index contributed by atoms with van der Waals surface area (Å²) in [5.74, 6) is 0. The van der Waals surface area contributed by atoms with Crippen molar-refractivity contribution < 1.29 is 0 Å². The second kappa shape index (κ2) is 11.1. The minimum atomic E-state index is -0.238. The molecule has 0 radical (unpaired) electrons. The van der Waals surface area contributed by atoms with E-state index in [2.05, 4.69) is 162 Å². The Hall–Kier alpha value is -5.80. The Kier molecular flexibility index (Phi) is 6.54. The quantitative estimate of drug-likeness (QED) is 0.226. The number of nitrogens with one attached hydrogen (secondary N) is 1. The van der Waals surface area contributed by atoms with Crippen LogP contribution in [-0.2, 0) is 0 Å². The molecule has 1 atom stereocenters. The standard InChI is InChI=1S/C41H29N3/c1-2-10-28(11-3-1)31-15-8-17-33(22-31)39-25-40(44-41(43-39)35-21-20-29-12-4-5-13-30(29)23-35)34-18-9-16-32(24-34)38-27-42-26-36-14-6-7-19-37(36)38/h1-27,41,44H. The van der Waals surface area contributed by atoms with Gasteiger partial charge in [-0.15, -0.1) is 0 Å². The van der Waals surface area contributed by atoms with Crippen LogP contribution in [0, 0.1) is 0 Å². The van der Waals surface area contributed by atoms with E-state index in [1.807, 2.05) is 12.4 Å². The molecular formula is C41H29N3. The first-order valence-electron chi connectivity index (χ1n) is 14.9. The molecule has 1 aliphatic heterocycles. The van der Waals surface area contributed by atoms with Gasteiger partial charge in [-0.1, -0.05) is 127 Å². The molecule has 3 nitrogen and oxygen atoms in total. The van der Waals surface area contributed by atoms with Gasteiger partial charge in [-0.2, -0.15) is 0 Å². The van der Waals surface area contributed by atoms with Crippen molar-refractivity contribution in [1.29, 1.82) is 0 Å². The van der Waals surface area contributed by atoms with E-state index < -0.39 is 0 Å². The summed E-state index contributed by atoms with van der Waals surface area (Å²) < 4.78 is 0. The van der Waals surface area contributed by atoms with Gasteiger partial charge < -0.3 is 5.32 Å². The van der Waals surface area contributed by atoms with Gasteiger partial charge in [-0.25, -0.2) is 0 Å². The molecule has 44 heavy (non-hydrogen) atoms. The third-order valence-electron chi connectivity index (χ3n) is 8.35. The number of hydrogen-bond donors (Lipinski definition) is 1. The second-order valence-corrected chi connectivity index (χ2v) is 11.2. The van der Waals surface area contributed by atoms with Crippen molar-refractivity contribution in [2.45, 2.75) is 6.17 Å². The van der Waals surface area contributed by atoms with Gasteiger partial charge in [0.1, 0.15) is 6.17 Å². The number of aliphatic imine (C=N–C) groups is 1. The van der Waals surface area contributed by atoms with Crippen molar-refractivity contribution in [3.05, 3.63) is 181 Å². The highest BCUT2D eigenvalue weighted by Gasteiger charge is 2.21. The number of rotatable bonds is 5. The fraction of sp³-hybridized carbons (Fsp3) is 0.0244. The van der Waals surface area contributed by atoms with E-state index in [4.69, 9.17) is 4.99 Å². The number of allylic oxidation sites excluding steroid dienone is 1. The van der Waals surface area contributed by atoms with E-state index in [-0.39, 0.29) is 6.17 Å². The molecule has 0 spiro atoms. The average Bonchev–Trinajstić information content (AvgIpc) is 3.11. The molecule has 0 bridgehead atoms. The van der Waals surface area contributed by atoms with E-state index in [0.29, 0.717) is 0 Å². The SMILES string of the molecule is C1=C(c2cccc(-c3cncc4ccccc34)c2)NC(c2ccc3ccccc3c2)N=C1c1cccc(-c2ccccc2)c1. The van der Waals surface area contributed by atoms with Gasteiger partial charge in [-0.3, -0.25) is 9.98 Å². The minimum Gasteiger partial charge on any atom is -0.360 e. The zero-order valence-electron chi connectivity index (χ0n) is 24.1. The van der Waals surface area contributed by atoms with Gasteiger partial charge in [-0.05, 0) is 68.3 Å². The predicted octanol–water partition coefficient (Wildman–Crippen LogP) is 9.85. The maximum atomic E-state index is 5.28. The van der Waals surface area contributed by atoms with Gasteiger partial charge in [0.2, 0.25) is 0 Å². The Morgan fingerprint density at radius 1 is 0.477 bits per heavy atom. The Bertz CT molecular complexity index is 2210. The number of pyridine rings is 1. The lowest BCUT2D eigenvalue weighted by molar-refractivity contribution is 0.665. The summed E-state index contributed by atoms with van der Waals surface area (Å²) in [6.07, 6.45) is 5.83. The van der Waals surface area contributed by atoms with Crippen molar-refractivity contribution in [3.8, 4) is 22.3 Å². The maximum absolute atomic E-state index is 5.28. The highest BCUT2D eigenvalue weighted by Crippen LogP contribution is 2.33. The highest BCUT2D eigenvalue weighted by molar-refractivity contribution is 6.13. The third-order valence-corrected chi connectivity index (χ3v) is 8.35. The molecule has 0 fully saturated rings. The normalized spacial score (nSPS) is 14.6. The second-order valence-electron chi connectivity index (χ2n) is 11.2. The number of nitrogens with zero attached hydrogens (tertiary/aromatic N) is 2. The molecule has 1 N–H and O–H groups in total. The molecule has 0 amide bonds. The van der Waals surface area contributed by atoms with Crippen molar-refractivity contribution in [3.63, 3.8) is 0 Å². The van der Waals surface area contributed by atoms with Crippen molar-refractivity contribution in [1.82, 2.24) is 10.3 Å². The first kappa shape index (κ1) is 25.9. The maximum Gasteiger partial charge on any atom is 0.145 e. The van der Waals surface area contributed by atoms with Gasteiger partial charge in [0.25, 0.3) is 0 Å². The Labute approximate surface area is 256 Å². The molecule has 0 saturated heterocycles. The lowest BCUT2D eigenvalue weighted by Crippen LogP contribution is -2.25. The molecule has 1 aliphatic rings. The monoisotopic (exact) mass is 563 g/mol. The van der Waals surface area contributed by atoms with E-state index in [0.717, 1.165) is 44.6 Å². The van der Waals surface area contributed by atoms with Crippen LogP contribution in [0.4, 0.5) is 0 Å². The van der Waals surface area contributed by atoms with Crippen LogP contribution in [0.25, 0.3) is 49.5 Å². The van der Waals surface area contributed by atoms with Crippen LogP contribution in [0.1, 0.15) is 22.9 Å². The molecule has 0 aliphatic carbocycles. The minimum absolute atomic E-state index is 0.238. The summed E-state index contributed by atoms with van der Waals surface area (Å²) in [5.41, 5.74) is 9.92. The number of hydrogen-bond acceptors (Lipinski definition) is 3. The van der Waals surface area contributed by atoms with Crippen LogP contribution >= 0.6 is 0 Å². The number of aromatic nitrogens is 1. The first-order valence-corrected chi connectivity index (χ1v) is 14.9. The molecule has 7 aromatic rings. The fourth-order valence-electron chi connectivity index (χ4n) is 6.08. The Balaban J connectivity index is 1.24. The van der Waals surface area contributed by atoms with Crippen LogP contribution < -0.4 is 5.32 Å². The molecule has 6 aromatic carbocycles. The Morgan fingerprint density at radius 2 is 1.16 bits per heavy atom. The van der Waals surface area contributed by atoms with Crippen LogP contribution in [0.15, 0.2) is 169 Å². The summed E-state index contributed by atoms with van der Waals surface area (Å²) >= 11 is 0. The van der Waals surface area contributed by atoms with E-state index in [1.54, 1.807) is 0 Å². The lowest BCUT2D eigenvalue weighted by atomic mass is 9.96. The number of benzene rings is 6. The molecule has 0 saturated carbocycles. The van der Waals surface area contributed by atoms with Gasteiger partial charge >= 0.3 is 0 Å². The average molecular weight is 564 g/mol. The largest absolute Gasteiger partial charge is 0.360 e. The zero-order valence-corrected chi connectivity index (χ0v) is 24.1. The predicted molar refractivity (Wildman–Crippen MR) is 183 cm³/mol. The van der Waals surface area contributed by atoms with E-state index in [9.17, 15) is 0 Å². The third kappa shape index (κ3) is 4.95. The van der Waals surface area contributed by atoms with Gasteiger partial charge in [0.15, 0.2) is 0 Å². The molecule has 3 heteroatoms. The molecule has 1 aromatic heterocycles. The smallest absolute Gasteiger partial charge is 0.145 e. The van der Waals surface area contributed by atoms with E-state index >= 15 is 0 Å². The lowest BCUT2D eigenvalue weighted by Gasteiger charge is -2.25. The fourth-order valence-corrected chi connectivity index (χ4v) is 6.08.